The van der Waals surface area contributed by atoms with Crippen LogP contribution in [-0.2, 0) is 0 Å². The van der Waals surface area contributed by atoms with Crippen LogP contribution in [0.15, 0.2) is 0 Å². The minimum absolute atomic E-state index is 0. The average molecular weight is 357 g/mol. The van der Waals surface area contributed by atoms with Crippen molar-refractivity contribution in [2.45, 2.75) is 71.1 Å². The second-order valence-electron chi connectivity index (χ2n) is 6.25. The lowest BCUT2D eigenvalue weighted by atomic mass is 10.1. The molecule has 1 nitrogen and oxygen atoms in total. The van der Waals surface area contributed by atoms with Crippen molar-refractivity contribution in [2.24, 2.45) is 0 Å². The van der Waals surface area contributed by atoms with Crippen LogP contribution < -0.4 is 12.4 Å². The van der Waals surface area contributed by atoms with E-state index in [1.807, 2.05) is 0 Å². The van der Waals surface area contributed by atoms with E-state index in [0.29, 0.717) is 0 Å². The SMILES string of the molecule is CCCCCCCCCC[N+](C)(C)CCCCBr.[Cl-]. The summed E-state index contributed by atoms with van der Waals surface area (Å²) in [6, 6.07) is 0. The normalized spacial score (nSPS) is 11.4. The molecule has 0 N–H and O–H groups in total. The number of halogens is 2. The van der Waals surface area contributed by atoms with Gasteiger partial charge in [0.1, 0.15) is 0 Å². The molecule has 0 aromatic carbocycles. The van der Waals surface area contributed by atoms with Crippen LogP contribution in [0.4, 0.5) is 0 Å². The molecular weight excluding hydrogens is 322 g/mol. The van der Waals surface area contributed by atoms with E-state index in [1.54, 1.807) is 0 Å². The first kappa shape index (κ1) is 22.0. The summed E-state index contributed by atoms with van der Waals surface area (Å²) in [6.07, 6.45) is 14.1. The summed E-state index contributed by atoms with van der Waals surface area (Å²) in [5.74, 6) is 0. The fourth-order valence-corrected chi connectivity index (χ4v) is 2.82. The van der Waals surface area contributed by atoms with Crippen molar-refractivity contribution in [1.82, 2.24) is 0 Å². The molecule has 0 aromatic heterocycles. The molecule has 0 aliphatic heterocycles. The van der Waals surface area contributed by atoms with Gasteiger partial charge in [0.15, 0.2) is 0 Å². The van der Waals surface area contributed by atoms with Crippen LogP contribution in [0.1, 0.15) is 71.1 Å². The van der Waals surface area contributed by atoms with Gasteiger partial charge in [0.05, 0.1) is 27.2 Å². The van der Waals surface area contributed by atoms with Crippen LogP contribution in [0.25, 0.3) is 0 Å². The highest BCUT2D eigenvalue weighted by Gasteiger charge is 2.13. The molecule has 0 heterocycles. The van der Waals surface area contributed by atoms with Crippen molar-refractivity contribution in [3.05, 3.63) is 0 Å². The summed E-state index contributed by atoms with van der Waals surface area (Å²) >= 11 is 3.51. The van der Waals surface area contributed by atoms with Gasteiger partial charge >= 0.3 is 0 Å². The lowest BCUT2D eigenvalue weighted by Gasteiger charge is -2.29. The molecule has 19 heavy (non-hydrogen) atoms. The molecule has 0 radical (unpaired) electrons. The van der Waals surface area contributed by atoms with E-state index in [1.165, 1.54) is 81.8 Å². The van der Waals surface area contributed by atoms with E-state index in [9.17, 15) is 0 Å². The first-order valence-corrected chi connectivity index (χ1v) is 9.12. The van der Waals surface area contributed by atoms with E-state index < -0.39 is 0 Å². The van der Waals surface area contributed by atoms with Crippen LogP contribution in [0.2, 0.25) is 0 Å². The number of rotatable bonds is 13. The van der Waals surface area contributed by atoms with Crippen molar-refractivity contribution in [2.75, 3.05) is 32.5 Å². The Morgan fingerprint density at radius 3 is 1.58 bits per heavy atom. The van der Waals surface area contributed by atoms with Crippen molar-refractivity contribution in [1.29, 1.82) is 0 Å². The maximum atomic E-state index is 3.51. The molecule has 0 amide bonds. The van der Waals surface area contributed by atoms with Crippen molar-refractivity contribution in [3.63, 3.8) is 0 Å². The topological polar surface area (TPSA) is 0 Å². The van der Waals surface area contributed by atoms with E-state index in [-0.39, 0.29) is 12.4 Å². The summed E-state index contributed by atoms with van der Waals surface area (Å²) in [5.41, 5.74) is 0. The van der Waals surface area contributed by atoms with Gasteiger partial charge in [-0.05, 0) is 25.7 Å². The number of nitrogens with zero attached hydrogens (tertiary/aromatic N) is 1. The maximum absolute atomic E-state index is 3.51. The molecule has 0 unspecified atom stereocenters. The lowest BCUT2D eigenvalue weighted by Crippen LogP contribution is -3.00. The molecule has 0 bridgehead atoms. The molecule has 118 valence electrons. The highest BCUT2D eigenvalue weighted by atomic mass is 79.9. The van der Waals surface area contributed by atoms with Gasteiger partial charge in [0.2, 0.25) is 0 Å². The van der Waals surface area contributed by atoms with Crippen molar-refractivity contribution >= 4 is 15.9 Å². The minimum Gasteiger partial charge on any atom is -1.00 e. The Hall–Kier alpha value is 0.730. The van der Waals surface area contributed by atoms with Crippen LogP contribution in [0.5, 0.6) is 0 Å². The molecule has 0 atom stereocenters. The first-order valence-electron chi connectivity index (χ1n) is 8.00. The quantitative estimate of drug-likeness (QED) is 0.270. The van der Waals surface area contributed by atoms with E-state index in [2.05, 4.69) is 36.9 Å². The predicted molar refractivity (Wildman–Crippen MR) is 87.5 cm³/mol. The third kappa shape index (κ3) is 16.7. The Balaban J connectivity index is 0. The monoisotopic (exact) mass is 355 g/mol. The molecule has 0 spiro atoms. The summed E-state index contributed by atoms with van der Waals surface area (Å²) in [5, 5.41) is 1.16. The third-order valence-corrected chi connectivity index (χ3v) is 4.32. The van der Waals surface area contributed by atoms with E-state index >= 15 is 0 Å². The fraction of sp³-hybridized carbons (Fsp3) is 1.00. The molecule has 0 rings (SSSR count). The van der Waals surface area contributed by atoms with Gasteiger partial charge < -0.3 is 16.9 Å². The van der Waals surface area contributed by atoms with Gasteiger partial charge in [-0.3, -0.25) is 0 Å². The number of hydrogen-bond acceptors (Lipinski definition) is 0. The zero-order valence-electron chi connectivity index (χ0n) is 13.4. The van der Waals surface area contributed by atoms with Gasteiger partial charge in [-0.1, -0.05) is 61.4 Å². The Kier molecular flexibility index (Phi) is 17.5. The highest BCUT2D eigenvalue weighted by molar-refractivity contribution is 9.09. The van der Waals surface area contributed by atoms with E-state index in [4.69, 9.17) is 0 Å². The van der Waals surface area contributed by atoms with Crippen LogP contribution in [0, 0.1) is 0 Å². The van der Waals surface area contributed by atoms with Crippen molar-refractivity contribution in [3.8, 4) is 0 Å². The van der Waals surface area contributed by atoms with Crippen LogP contribution in [-0.4, -0.2) is 37.0 Å². The second kappa shape index (κ2) is 15.1. The smallest absolute Gasteiger partial charge is 0.0782 e. The van der Waals surface area contributed by atoms with Crippen LogP contribution >= 0.6 is 15.9 Å². The lowest BCUT2D eigenvalue weighted by molar-refractivity contribution is -0.890. The Morgan fingerprint density at radius 1 is 0.684 bits per heavy atom. The summed E-state index contributed by atoms with van der Waals surface area (Å²) < 4.78 is 1.21. The first-order chi connectivity index (χ1) is 8.62. The fourth-order valence-electron chi connectivity index (χ4n) is 2.42. The predicted octanol–water partition coefficient (Wildman–Crippen LogP) is 2.38. The van der Waals surface area contributed by atoms with Gasteiger partial charge in [-0.25, -0.2) is 0 Å². The number of hydrogen-bond donors (Lipinski definition) is 0. The highest BCUT2D eigenvalue weighted by Crippen LogP contribution is 2.11. The number of quaternary nitrogens is 1. The number of alkyl halides is 1. The zero-order chi connectivity index (χ0) is 13.7. The summed E-state index contributed by atoms with van der Waals surface area (Å²) in [4.78, 5) is 0. The maximum Gasteiger partial charge on any atom is 0.0782 e. The minimum atomic E-state index is 0. The van der Waals surface area contributed by atoms with Gasteiger partial charge in [0, 0.05) is 5.33 Å². The third-order valence-electron chi connectivity index (χ3n) is 3.76. The summed E-state index contributed by atoms with van der Waals surface area (Å²) in [6.45, 7) is 4.98. The Bertz CT molecular complexity index is 174. The largest absolute Gasteiger partial charge is 1.00 e. The average Bonchev–Trinajstić information content (AvgIpc) is 2.33. The van der Waals surface area contributed by atoms with Crippen molar-refractivity contribution < 1.29 is 16.9 Å². The Labute approximate surface area is 136 Å². The van der Waals surface area contributed by atoms with Gasteiger partial charge in [0.25, 0.3) is 0 Å². The Morgan fingerprint density at radius 2 is 1.11 bits per heavy atom. The molecule has 0 saturated carbocycles. The summed E-state index contributed by atoms with van der Waals surface area (Å²) in [7, 11) is 4.77. The molecule has 0 aromatic rings. The molecule has 0 aliphatic rings. The molecule has 0 fully saturated rings. The molecule has 0 saturated heterocycles. The van der Waals surface area contributed by atoms with Crippen LogP contribution in [0.3, 0.4) is 0 Å². The number of unbranched alkanes of at least 4 members (excludes halogenated alkanes) is 8. The van der Waals surface area contributed by atoms with E-state index in [0.717, 1.165) is 5.33 Å². The second-order valence-corrected chi connectivity index (χ2v) is 7.05. The molecule has 3 heteroatoms. The van der Waals surface area contributed by atoms with Gasteiger partial charge in [-0.15, -0.1) is 0 Å². The molecular formula is C16H35BrClN. The zero-order valence-corrected chi connectivity index (χ0v) is 15.7. The standard InChI is InChI=1S/C16H35BrN.ClH/c1-4-5-6-7-8-9-10-12-15-18(2,3)16-13-11-14-17;/h4-16H2,1-3H3;1H/q+1;/p-1. The van der Waals surface area contributed by atoms with Gasteiger partial charge in [-0.2, -0.15) is 0 Å². The molecule has 0 aliphatic carbocycles.